The molecule has 0 bridgehead atoms. The standard InChI is InChI=1S/C13H10ClN5OS/c14-12-9(2-1-7-15-12)8-21-13-16-17-18-19(13)10-3-5-11(20)6-4-10/h1-7,20H,8H2. The lowest BCUT2D eigenvalue weighted by Crippen LogP contribution is -1.99. The van der Waals surface area contributed by atoms with Crippen LogP contribution in [0.1, 0.15) is 5.56 Å². The van der Waals surface area contributed by atoms with Gasteiger partial charge >= 0.3 is 0 Å². The quantitative estimate of drug-likeness (QED) is 0.588. The monoisotopic (exact) mass is 319 g/mol. The first-order chi connectivity index (χ1) is 10.2. The highest BCUT2D eigenvalue weighted by Gasteiger charge is 2.10. The zero-order valence-corrected chi connectivity index (χ0v) is 12.3. The normalized spacial score (nSPS) is 10.7. The highest BCUT2D eigenvalue weighted by molar-refractivity contribution is 7.98. The Labute approximate surface area is 129 Å². The summed E-state index contributed by atoms with van der Waals surface area (Å²) in [6.07, 6.45) is 1.65. The lowest BCUT2D eigenvalue weighted by Gasteiger charge is -2.05. The molecule has 0 aliphatic heterocycles. The van der Waals surface area contributed by atoms with E-state index in [2.05, 4.69) is 20.5 Å². The molecule has 106 valence electrons. The lowest BCUT2D eigenvalue weighted by molar-refractivity contribution is 0.475. The number of aromatic nitrogens is 5. The molecule has 21 heavy (non-hydrogen) atoms. The summed E-state index contributed by atoms with van der Waals surface area (Å²) in [4.78, 5) is 4.04. The van der Waals surface area contributed by atoms with Crippen LogP contribution >= 0.6 is 23.4 Å². The number of tetrazole rings is 1. The predicted octanol–water partition coefficient (Wildman–Crippen LogP) is 2.71. The highest BCUT2D eigenvalue weighted by atomic mass is 35.5. The van der Waals surface area contributed by atoms with Crippen LogP contribution in [0.4, 0.5) is 0 Å². The Morgan fingerprint density at radius 3 is 2.76 bits per heavy atom. The van der Waals surface area contributed by atoms with E-state index in [1.165, 1.54) is 11.8 Å². The van der Waals surface area contributed by atoms with Crippen molar-refractivity contribution in [2.24, 2.45) is 0 Å². The van der Waals surface area contributed by atoms with Gasteiger partial charge in [-0.05, 0) is 46.3 Å². The average molecular weight is 320 g/mol. The third-order valence-electron chi connectivity index (χ3n) is 2.73. The Morgan fingerprint density at radius 1 is 1.19 bits per heavy atom. The molecule has 2 heterocycles. The highest BCUT2D eigenvalue weighted by Crippen LogP contribution is 2.25. The SMILES string of the molecule is Oc1ccc(-n2nnnc2SCc2cccnc2Cl)cc1. The molecule has 0 amide bonds. The number of rotatable bonds is 4. The number of halogens is 1. The molecular weight excluding hydrogens is 310 g/mol. The molecule has 0 aliphatic carbocycles. The van der Waals surface area contributed by atoms with Gasteiger partial charge in [-0.1, -0.05) is 29.4 Å². The van der Waals surface area contributed by atoms with Crippen LogP contribution in [0.15, 0.2) is 47.8 Å². The van der Waals surface area contributed by atoms with Gasteiger partial charge in [0, 0.05) is 11.9 Å². The summed E-state index contributed by atoms with van der Waals surface area (Å²) in [6, 6.07) is 10.4. The number of benzene rings is 1. The van der Waals surface area contributed by atoms with Gasteiger partial charge in [0.15, 0.2) is 0 Å². The summed E-state index contributed by atoms with van der Waals surface area (Å²) < 4.78 is 1.61. The number of pyridine rings is 1. The zero-order valence-electron chi connectivity index (χ0n) is 10.7. The maximum Gasteiger partial charge on any atom is 0.214 e. The van der Waals surface area contributed by atoms with Crippen molar-refractivity contribution in [3.63, 3.8) is 0 Å². The Morgan fingerprint density at radius 2 is 2.00 bits per heavy atom. The molecular formula is C13H10ClN5OS. The molecule has 8 heteroatoms. The third-order valence-corrected chi connectivity index (χ3v) is 4.04. The third kappa shape index (κ3) is 3.14. The zero-order chi connectivity index (χ0) is 14.7. The first-order valence-electron chi connectivity index (χ1n) is 6.04. The number of thioether (sulfide) groups is 1. The fourth-order valence-electron chi connectivity index (χ4n) is 1.69. The number of hydrogen-bond acceptors (Lipinski definition) is 6. The van der Waals surface area contributed by atoms with Crippen LogP contribution in [-0.4, -0.2) is 30.3 Å². The minimum absolute atomic E-state index is 0.197. The maximum atomic E-state index is 9.32. The van der Waals surface area contributed by atoms with Crippen LogP contribution in [0.2, 0.25) is 5.15 Å². The van der Waals surface area contributed by atoms with Crippen molar-refractivity contribution in [1.29, 1.82) is 0 Å². The van der Waals surface area contributed by atoms with Gasteiger partial charge in [0.25, 0.3) is 0 Å². The van der Waals surface area contributed by atoms with Crippen molar-refractivity contribution in [2.45, 2.75) is 10.9 Å². The van der Waals surface area contributed by atoms with Crippen LogP contribution in [-0.2, 0) is 5.75 Å². The molecule has 0 fully saturated rings. The van der Waals surface area contributed by atoms with Gasteiger partial charge in [0.2, 0.25) is 5.16 Å². The minimum atomic E-state index is 0.197. The van der Waals surface area contributed by atoms with Crippen molar-refractivity contribution < 1.29 is 5.11 Å². The summed E-state index contributed by atoms with van der Waals surface area (Å²) in [5, 5.41) is 22.1. The Bertz CT molecular complexity index is 746. The van der Waals surface area contributed by atoms with Gasteiger partial charge in [0.1, 0.15) is 10.9 Å². The van der Waals surface area contributed by atoms with Gasteiger partial charge in [0.05, 0.1) is 5.69 Å². The van der Waals surface area contributed by atoms with Crippen LogP contribution < -0.4 is 0 Å². The van der Waals surface area contributed by atoms with Crippen LogP contribution in [0.25, 0.3) is 5.69 Å². The first-order valence-corrected chi connectivity index (χ1v) is 7.40. The van der Waals surface area contributed by atoms with E-state index < -0.39 is 0 Å². The number of aromatic hydroxyl groups is 1. The molecule has 0 aliphatic rings. The van der Waals surface area contributed by atoms with E-state index in [1.54, 1.807) is 35.1 Å². The summed E-state index contributed by atoms with van der Waals surface area (Å²) in [5.41, 5.74) is 1.70. The fraction of sp³-hybridized carbons (Fsp3) is 0.0769. The van der Waals surface area contributed by atoms with Gasteiger partial charge < -0.3 is 5.11 Å². The van der Waals surface area contributed by atoms with Crippen molar-refractivity contribution in [1.82, 2.24) is 25.2 Å². The molecule has 0 saturated carbocycles. The average Bonchev–Trinajstić information content (AvgIpc) is 2.96. The molecule has 3 rings (SSSR count). The predicted molar refractivity (Wildman–Crippen MR) is 79.6 cm³/mol. The summed E-state index contributed by atoms with van der Waals surface area (Å²) in [5.74, 6) is 0.814. The summed E-state index contributed by atoms with van der Waals surface area (Å²) in [7, 11) is 0. The molecule has 3 aromatic rings. The van der Waals surface area contributed by atoms with Crippen LogP contribution in [0.5, 0.6) is 5.75 Å². The molecule has 1 aromatic carbocycles. The Kier molecular flexibility index (Phi) is 4.03. The first kappa shape index (κ1) is 13.8. The summed E-state index contributed by atoms with van der Waals surface area (Å²) >= 11 is 7.49. The van der Waals surface area contributed by atoms with E-state index in [0.29, 0.717) is 16.1 Å². The molecule has 0 unspecified atom stereocenters. The summed E-state index contributed by atoms with van der Waals surface area (Å²) in [6.45, 7) is 0. The maximum absolute atomic E-state index is 9.32. The number of nitrogens with zero attached hydrogens (tertiary/aromatic N) is 5. The van der Waals surface area contributed by atoms with E-state index in [4.69, 9.17) is 11.6 Å². The van der Waals surface area contributed by atoms with Gasteiger partial charge in [-0.3, -0.25) is 0 Å². The largest absolute Gasteiger partial charge is 0.508 e. The van der Waals surface area contributed by atoms with Crippen molar-refractivity contribution in [2.75, 3.05) is 0 Å². The number of phenolic OH excluding ortho intramolecular Hbond substituents is 1. The minimum Gasteiger partial charge on any atom is -0.508 e. The number of hydrogen-bond donors (Lipinski definition) is 1. The Hall–Kier alpha value is -2.12. The molecule has 0 atom stereocenters. The molecule has 6 nitrogen and oxygen atoms in total. The van der Waals surface area contributed by atoms with Crippen molar-refractivity contribution >= 4 is 23.4 Å². The van der Waals surface area contributed by atoms with Gasteiger partial charge in [-0.2, -0.15) is 4.68 Å². The molecule has 0 saturated heterocycles. The fourth-order valence-corrected chi connectivity index (χ4v) is 2.84. The Balaban J connectivity index is 1.80. The lowest BCUT2D eigenvalue weighted by atomic mass is 10.3. The smallest absolute Gasteiger partial charge is 0.214 e. The van der Waals surface area contributed by atoms with E-state index in [0.717, 1.165) is 11.3 Å². The van der Waals surface area contributed by atoms with E-state index in [-0.39, 0.29) is 5.75 Å². The van der Waals surface area contributed by atoms with Crippen LogP contribution in [0.3, 0.4) is 0 Å². The van der Waals surface area contributed by atoms with Gasteiger partial charge in [-0.15, -0.1) is 5.10 Å². The molecule has 0 radical (unpaired) electrons. The van der Waals surface area contributed by atoms with E-state index >= 15 is 0 Å². The second-order valence-corrected chi connectivity index (χ2v) is 5.43. The molecule has 0 spiro atoms. The second kappa shape index (κ2) is 6.11. The van der Waals surface area contributed by atoms with E-state index in [9.17, 15) is 5.11 Å². The molecule has 2 aromatic heterocycles. The second-order valence-electron chi connectivity index (χ2n) is 4.13. The van der Waals surface area contributed by atoms with Crippen LogP contribution in [0, 0.1) is 0 Å². The van der Waals surface area contributed by atoms with Gasteiger partial charge in [-0.25, -0.2) is 4.98 Å². The van der Waals surface area contributed by atoms with Crippen molar-refractivity contribution in [3.05, 3.63) is 53.3 Å². The number of phenols is 1. The topological polar surface area (TPSA) is 76.7 Å². The molecule has 1 N–H and O–H groups in total. The van der Waals surface area contributed by atoms with E-state index in [1.807, 2.05) is 12.1 Å². The van der Waals surface area contributed by atoms with Crippen molar-refractivity contribution in [3.8, 4) is 11.4 Å².